The largest absolute Gasteiger partial charge is 0.417 e. The molecule has 9 heteroatoms. The highest BCUT2D eigenvalue weighted by atomic mass is 32.2. The Kier molecular flexibility index (Phi) is 4.00. The molecule has 2 rings (SSSR count). The Bertz CT molecular complexity index is 659. The Morgan fingerprint density at radius 1 is 1.35 bits per heavy atom. The molecule has 0 saturated carbocycles. The van der Waals surface area contributed by atoms with Crippen LogP contribution in [0.5, 0.6) is 0 Å². The highest BCUT2D eigenvalue weighted by Crippen LogP contribution is 2.34. The van der Waals surface area contributed by atoms with Crippen LogP contribution in [0.15, 0.2) is 23.1 Å². The third-order valence-electron chi connectivity index (χ3n) is 2.77. The first-order valence-corrected chi connectivity index (χ1v) is 8.05. The van der Waals surface area contributed by atoms with E-state index in [-0.39, 0.29) is 12.4 Å². The number of rotatable bonds is 2. The fourth-order valence-electron chi connectivity index (χ4n) is 1.75. The highest BCUT2D eigenvalue weighted by Gasteiger charge is 2.36. The standard InChI is InChI=1S/C11H9F3N2O2S2/c12-11(13,14)10-5-9(2-1-8(10)6-15)20(17,18)16-3-4-19-7-16/h1-2,5H,3-4,7H2. The number of sulfonamides is 1. The minimum absolute atomic E-state index is 0.226. The van der Waals surface area contributed by atoms with Crippen LogP contribution in [0.25, 0.3) is 0 Å². The van der Waals surface area contributed by atoms with Crippen molar-refractivity contribution in [3.63, 3.8) is 0 Å². The first-order valence-electron chi connectivity index (χ1n) is 5.46. The Labute approximate surface area is 118 Å². The maximum Gasteiger partial charge on any atom is 0.417 e. The Morgan fingerprint density at radius 3 is 2.55 bits per heavy atom. The third-order valence-corrected chi connectivity index (χ3v) is 5.75. The minimum Gasteiger partial charge on any atom is -0.207 e. The summed E-state index contributed by atoms with van der Waals surface area (Å²) in [5.41, 5.74) is -1.82. The van der Waals surface area contributed by atoms with Gasteiger partial charge in [-0.05, 0) is 18.2 Å². The van der Waals surface area contributed by atoms with Crippen molar-refractivity contribution < 1.29 is 21.6 Å². The van der Waals surface area contributed by atoms with Crippen LogP contribution in [-0.2, 0) is 16.2 Å². The van der Waals surface area contributed by atoms with Gasteiger partial charge in [-0.3, -0.25) is 0 Å². The van der Waals surface area contributed by atoms with Crippen molar-refractivity contribution >= 4 is 21.8 Å². The summed E-state index contributed by atoms with van der Waals surface area (Å²) in [5, 5.41) is 8.67. The molecular weight excluding hydrogens is 313 g/mol. The fourth-order valence-corrected chi connectivity index (χ4v) is 4.59. The molecule has 1 aliphatic heterocycles. The van der Waals surface area contributed by atoms with Crippen molar-refractivity contribution in [1.82, 2.24) is 4.31 Å². The molecule has 1 heterocycles. The van der Waals surface area contributed by atoms with Gasteiger partial charge in [-0.15, -0.1) is 11.8 Å². The fraction of sp³-hybridized carbons (Fsp3) is 0.364. The highest BCUT2D eigenvalue weighted by molar-refractivity contribution is 8.00. The summed E-state index contributed by atoms with van der Waals surface area (Å²) in [4.78, 5) is -0.439. The zero-order valence-corrected chi connectivity index (χ0v) is 11.6. The average molecular weight is 322 g/mol. The summed E-state index contributed by atoms with van der Waals surface area (Å²) in [6.07, 6.45) is -4.77. The van der Waals surface area contributed by atoms with Crippen LogP contribution < -0.4 is 0 Å². The molecule has 4 nitrogen and oxygen atoms in total. The maximum atomic E-state index is 12.8. The number of halogens is 3. The van der Waals surface area contributed by atoms with E-state index in [1.165, 1.54) is 17.8 Å². The van der Waals surface area contributed by atoms with E-state index in [2.05, 4.69) is 0 Å². The SMILES string of the molecule is N#Cc1ccc(S(=O)(=O)N2CCSC2)cc1C(F)(F)F. The van der Waals surface area contributed by atoms with Crippen LogP contribution >= 0.6 is 11.8 Å². The van der Waals surface area contributed by atoms with E-state index in [1.54, 1.807) is 0 Å². The number of nitriles is 1. The van der Waals surface area contributed by atoms with Gasteiger partial charge in [-0.2, -0.15) is 22.7 Å². The molecule has 0 aliphatic carbocycles. The van der Waals surface area contributed by atoms with Crippen molar-refractivity contribution in [3.8, 4) is 6.07 Å². The molecule has 0 N–H and O–H groups in total. The lowest BCUT2D eigenvalue weighted by atomic mass is 10.1. The minimum atomic E-state index is -4.77. The quantitative estimate of drug-likeness (QED) is 0.838. The number of alkyl halides is 3. The Balaban J connectivity index is 2.52. The third kappa shape index (κ3) is 2.77. The number of benzene rings is 1. The maximum absolute atomic E-state index is 12.8. The molecule has 1 aliphatic rings. The first kappa shape index (κ1) is 15.2. The smallest absolute Gasteiger partial charge is 0.207 e. The van der Waals surface area contributed by atoms with Crippen LogP contribution in [0, 0.1) is 11.3 Å². The van der Waals surface area contributed by atoms with Gasteiger partial charge in [0.05, 0.1) is 28.0 Å². The molecule has 1 aromatic rings. The van der Waals surface area contributed by atoms with Crippen LogP contribution in [0.1, 0.15) is 11.1 Å². The average Bonchev–Trinajstić information content (AvgIpc) is 2.91. The van der Waals surface area contributed by atoms with Crippen molar-refractivity contribution in [2.75, 3.05) is 18.2 Å². The summed E-state index contributed by atoms with van der Waals surface area (Å²) in [5.74, 6) is 0.839. The molecule has 20 heavy (non-hydrogen) atoms. The Hall–Kier alpha value is -1.24. The van der Waals surface area contributed by atoms with Crippen molar-refractivity contribution in [2.45, 2.75) is 11.1 Å². The van der Waals surface area contributed by atoms with Crippen molar-refractivity contribution in [1.29, 1.82) is 5.26 Å². The van der Waals surface area contributed by atoms with Crippen molar-refractivity contribution in [2.24, 2.45) is 0 Å². The summed E-state index contributed by atoms with van der Waals surface area (Å²) >= 11 is 1.39. The lowest BCUT2D eigenvalue weighted by Crippen LogP contribution is -2.28. The molecule has 0 radical (unpaired) electrons. The van der Waals surface area contributed by atoms with E-state index in [1.807, 2.05) is 0 Å². The number of hydrogen-bond donors (Lipinski definition) is 0. The molecule has 0 unspecified atom stereocenters. The molecule has 0 amide bonds. The molecule has 0 bridgehead atoms. The lowest BCUT2D eigenvalue weighted by molar-refractivity contribution is -0.137. The zero-order chi connectivity index (χ0) is 15.0. The van der Waals surface area contributed by atoms with Gasteiger partial charge < -0.3 is 0 Å². The van der Waals surface area contributed by atoms with Crippen LogP contribution in [0.4, 0.5) is 13.2 Å². The van der Waals surface area contributed by atoms with Gasteiger partial charge in [0.25, 0.3) is 0 Å². The van der Waals surface area contributed by atoms with Crippen molar-refractivity contribution in [3.05, 3.63) is 29.3 Å². The molecule has 1 aromatic carbocycles. The number of nitrogens with zero attached hydrogens (tertiary/aromatic N) is 2. The molecule has 0 atom stereocenters. The predicted octanol–water partition coefficient (Wildman–Crippen LogP) is 2.27. The topological polar surface area (TPSA) is 61.2 Å². The predicted molar refractivity (Wildman–Crippen MR) is 67.4 cm³/mol. The van der Waals surface area contributed by atoms with Crippen LogP contribution in [-0.4, -0.2) is 30.9 Å². The molecule has 0 spiro atoms. The zero-order valence-electron chi connectivity index (χ0n) is 10.0. The van der Waals surface area contributed by atoms with Crippen LogP contribution in [0.3, 0.4) is 0 Å². The second-order valence-electron chi connectivity index (χ2n) is 4.03. The van der Waals surface area contributed by atoms with Gasteiger partial charge >= 0.3 is 6.18 Å². The molecule has 0 aromatic heterocycles. The summed E-state index contributed by atoms with van der Waals surface area (Å²) in [6, 6.07) is 3.86. The first-order chi connectivity index (χ1) is 9.26. The monoisotopic (exact) mass is 322 g/mol. The molecule has 1 saturated heterocycles. The number of hydrogen-bond acceptors (Lipinski definition) is 4. The summed E-state index contributed by atoms with van der Waals surface area (Å²) in [7, 11) is -3.94. The summed E-state index contributed by atoms with van der Waals surface area (Å²) in [6.45, 7) is 0.272. The summed E-state index contributed by atoms with van der Waals surface area (Å²) < 4.78 is 63.9. The van der Waals surface area contributed by atoms with E-state index in [0.717, 1.165) is 16.4 Å². The van der Waals surface area contributed by atoms with Crippen LogP contribution in [0.2, 0.25) is 0 Å². The van der Waals surface area contributed by atoms with Gasteiger partial charge in [0.2, 0.25) is 10.0 Å². The van der Waals surface area contributed by atoms with Gasteiger partial charge in [0, 0.05) is 12.3 Å². The molecular formula is C11H9F3N2O2S2. The molecule has 1 fully saturated rings. The number of thioether (sulfide) groups is 1. The van der Waals surface area contributed by atoms with Gasteiger partial charge in [0.1, 0.15) is 0 Å². The van der Waals surface area contributed by atoms with Gasteiger partial charge in [-0.25, -0.2) is 8.42 Å². The Morgan fingerprint density at radius 2 is 2.05 bits per heavy atom. The van der Waals surface area contributed by atoms with E-state index in [9.17, 15) is 21.6 Å². The molecule has 108 valence electrons. The normalized spacial score (nSPS) is 17.1. The van der Waals surface area contributed by atoms with E-state index >= 15 is 0 Å². The van der Waals surface area contributed by atoms with Gasteiger partial charge in [-0.1, -0.05) is 0 Å². The van der Waals surface area contributed by atoms with E-state index < -0.39 is 32.2 Å². The van der Waals surface area contributed by atoms with E-state index in [4.69, 9.17) is 5.26 Å². The second-order valence-corrected chi connectivity index (χ2v) is 7.05. The van der Waals surface area contributed by atoms with E-state index in [0.29, 0.717) is 11.8 Å². The van der Waals surface area contributed by atoms with Gasteiger partial charge in [0.15, 0.2) is 0 Å². The second kappa shape index (κ2) is 5.27. The lowest BCUT2D eigenvalue weighted by Gasteiger charge is -2.16.